The number of pyridine rings is 1. The Morgan fingerprint density at radius 3 is 2.62 bits per heavy atom. The molecular formula is C30H30N4O4S. The second-order valence-electron chi connectivity index (χ2n) is 8.98. The first-order valence-corrected chi connectivity index (χ1v) is 13.2. The summed E-state index contributed by atoms with van der Waals surface area (Å²) in [7, 11) is 1.58. The largest absolute Gasteiger partial charge is 0.495 e. The van der Waals surface area contributed by atoms with Crippen molar-refractivity contribution in [3.05, 3.63) is 96.5 Å². The molecule has 1 amide bonds. The number of anilines is 1. The molecule has 1 aliphatic heterocycles. The summed E-state index contributed by atoms with van der Waals surface area (Å²) >= 11 is 5.74. The number of amides is 1. The molecule has 0 aliphatic carbocycles. The SMILES string of the molecule is CCOc1ccc(-c2ccc(C3C(c4ccccn4)NC(=S)N3CCC(=O)Nc3ccccc3OC)o2)cc1. The first-order valence-electron chi connectivity index (χ1n) is 12.8. The van der Waals surface area contributed by atoms with Gasteiger partial charge in [0.25, 0.3) is 0 Å². The molecule has 0 bridgehead atoms. The van der Waals surface area contributed by atoms with Crippen molar-refractivity contribution < 1.29 is 18.7 Å². The van der Waals surface area contributed by atoms with Gasteiger partial charge in [0.05, 0.1) is 31.1 Å². The van der Waals surface area contributed by atoms with Crippen LogP contribution in [-0.4, -0.2) is 41.2 Å². The molecular weight excluding hydrogens is 512 g/mol. The Morgan fingerprint density at radius 1 is 1.08 bits per heavy atom. The van der Waals surface area contributed by atoms with Crippen molar-refractivity contribution >= 4 is 28.9 Å². The number of carbonyl (C=O) groups is 1. The van der Waals surface area contributed by atoms with E-state index in [-0.39, 0.29) is 24.4 Å². The zero-order valence-corrected chi connectivity index (χ0v) is 22.6. The molecule has 200 valence electrons. The summed E-state index contributed by atoms with van der Waals surface area (Å²) in [5.74, 6) is 2.74. The lowest BCUT2D eigenvalue weighted by Crippen LogP contribution is -2.32. The lowest BCUT2D eigenvalue weighted by molar-refractivity contribution is -0.116. The van der Waals surface area contributed by atoms with E-state index in [4.69, 9.17) is 26.1 Å². The van der Waals surface area contributed by atoms with Gasteiger partial charge in [-0.05, 0) is 79.8 Å². The molecule has 1 fully saturated rings. The van der Waals surface area contributed by atoms with Gasteiger partial charge in [-0.1, -0.05) is 18.2 Å². The topological polar surface area (TPSA) is 88.9 Å². The van der Waals surface area contributed by atoms with Gasteiger partial charge in [-0.25, -0.2) is 0 Å². The molecule has 3 heterocycles. The van der Waals surface area contributed by atoms with E-state index in [1.165, 1.54) is 0 Å². The first kappa shape index (κ1) is 26.2. The zero-order valence-electron chi connectivity index (χ0n) is 21.8. The van der Waals surface area contributed by atoms with Gasteiger partial charge in [0, 0.05) is 24.7 Å². The predicted molar refractivity (Wildman–Crippen MR) is 154 cm³/mol. The second-order valence-corrected chi connectivity index (χ2v) is 9.36. The van der Waals surface area contributed by atoms with E-state index >= 15 is 0 Å². The summed E-state index contributed by atoms with van der Waals surface area (Å²) in [4.78, 5) is 19.5. The zero-order chi connectivity index (χ0) is 27.2. The second kappa shape index (κ2) is 12.0. The third-order valence-corrected chi connectivity index (χ3v) is 6.88. The van der Waals surface area contributed by atoms with Crippen molar-refractivity contribution in [3.63, 3.8) is 0 Å². The van der Waals surface area contributed by atoms with Crippen LogP contribution in [0, 0.1) is 0 Å². The van der Waals surface area contributed by atoms with Crippen molar-refractivity contribution in [2.45, 2.75) is 25.4 Å². The monoisotopic (exact) mass is 542 g/mol. The molecule has 2 N–H and O–H groups in total. The van der Waals surface area contributed by atoms with Gasteiger partial charge in [0.1, 0.15) is 29.1 Å². The van der Waals surface area contributed by atoms with Crippen molar-refractivity contribution in [2.24, 2.45) is 0 Å². The molecule has 1 aliphatic rings. The number of methoxy groups -OCH3 is 1. The number of furan rings is 1. The number of thiocarbonyl (C=S) groups is 1. The fourth-order valence-corrected chi connectivity index (χ4v) is 5.02. The molecule has 5 rings (SSSR count). The Hall–Kier alpha value is -4.37. The number of carbonyl (C=O) groups excluding carboxylic acids is 1. The van der Waals surface area contributed by atoms with E-state index in [9.17, 15) is 4.79 Å². The summed E-state index contributed by atoms with van der Waals surface area (Å²) in [6.45, 7) is 2.96. The molecule has 8 nitrogen and oxygen atoms in total. The normalized spacial score (nSPS) is 16.6. The van der Waals surface area contributed by atoms with E-state index < -0.39 is 0 Å². The van der Waals surface area contributed by atoms with Crippen LogP contribution in [-0.2, 0) is 4.79 Å². The summed E-state index contributed by atoms with van der Waals surface area (Å²) in [6.07, 6.45) is 1.98. The molecule has 0 spiro atoms. The Labute approximate surface area is 233 Å². The van der Waals surface area contributed by atoms with Crippen molar-refractivity contribution in [3.8, 4) is 22.8 Å². The molecule has 0 radical (unpaired) electrons. The molecule has 9 heteroatoms. The first-order chi connectivity index (χ1) is 19.1. The Kier molecular flexibility index (Phi) is 8.07. The smallest absolute Gasteiger partial charge is 0.226 e. The summed E-state index contributed by atoms with van der Waals surface area (Å²) in [5.41, 5.74) is 2.40. The number of para-hydroxylation sites is 2. The van der Waals surface area contributed by atoms with E-state index in [2.05, 4.69) is 15.6 Å². The van der Waals surface area contributed by atoms with E-state index in [0.29, 0.717) is 29.7 Å². The van der Waals surface area contributed by atoms with Crippen LogP contribution >= 0.6 is 12.2 Å². The number of hydrogen-bond donors (Lipinski definition) is 2. The van der Waals surface area contributed by atoms with E-state index in [1.807, 2.05) is 90.7 Å². The van der Waals surface area contributed by atoms with Gasteiger partial charge in [-0.15, -0.1) is 0 Å². The van der Waals surface area contributed by atoms with Crippen LogP contribution in [0.2, 0.25) is 0 Å². The average Bonchev–Trinajstić information content (AvgIpc) is 3.58. The third kappa shape index (κ3) is 5.88. The molecule has 4 aromatic rings. The highest BCUT2D eigenvalue weighted by atomic mass is 32.1. The molecule has 1 saturated heterocycles. The maximum absolute atomic E-state index is 12.9. The van der Waals surface area contributed by atoms with Crippen LogP contribution < -0.4 is 20.1 Å². The van der Waals surface area contributed by atoms with Crippen LogP contribution in [0.25, 0.3) is 11.3 Å². The van der Waals surface area contributed by atoms with Gasteiger partial charge >= 0.3 is 0 Å². The standard InChI is InChI=1S/C30H30N4O4S/c1-3-37-21-13-11-20(12-14-21)24-15-16-26(38-24)29-28(23-9-6-7-18-31-23)33-30(39)34(29)19-17-27(35)32-22-8-4-5-10-25(22)36-2/h4-16,18,28-29H,3,17,19H2,1-2H3,(H,32,35)(H,33,39). The average molecular weight is 543 g/mol. The summed E-state index contributed by atoms with van der Waals surface area (Å²) in [5, 5.41) is 6.88. The number of ether oxygens (including phenoxy) is 2. The quantitative estimate of drug-likeness (QED) is 0.245. The fraction of sp³-hybridized carbons (Fsp3) is 0.233. The van der Waals surface area contributed by atoms with Crippen LogP contribution in [0.3, 0.4) is 0 Å². The number of rotatable bonds is 10. The van der Waals surface area contributed by atoms with Gasteiger partial charge in [0.15, 0.2) is 5.11 Å². The summed E-state index contributed by atoms with van der Waals surface area (Å²) in [6, 6.07) is 24.3. The van der Waals surface area contributed by atoms with E-state index in [0.717, 1.165) is 28.5 Å². The van der Waals surface area contributed by atoms with Crippen LogP contribution in [0.15, 0.2) is 89.5 Å². The highest BCUT2D eigenvalue weighted by Gasteiger charge is 2.41. The third-order valence-electron chi connectivity index (χ3n) is 6.53. The highest BCUT2D eigenvalue weighted by Crippen LogP contribution is 2.40. The minimum Gasteiger partial charge on any atom is -0.495 e. The maximum atomic E-state index is 12.9. The lowest BCUT2D eigenvalue weighted by Gasteiger charge is -2.26. The number of nitrogens with zero attached hydrogens (tertiary/aromatic N) is 2. The predicted octanol–water partition coefficient (Wildman–Crippen LogP) is 5.75. The van der Waals surface area contributed by atoms with Crippen LogP contribution in [0.1, 0.15) is 36.9 Å². The van der Waals surface area contributed by atoms with Gasteiger partial charge in [0.2, 0.25) is 5.91 Å². The van der Waals surface area contributed by atoms with Crippen molar-refractivity contribution in [1.29, 1.82) is 0 Å². The van der Waals surface area contributed by atoms with Crippen LogP contribution in [0.4, 0.5) is 5.69 Å². The molecule has 2 unspecified atom stereocenters. The van der Waals surface area contributed by atoms with Gasteiger partial charge < -0.3 is 29.4 Å². The minimum absolute atomic E-state index is 0.142. The Bertz CT molecular complexity index is 1420. The molecule has 2 aromatic heterocycles. The van der Waals surface area contributed by atoms with Gasteiger partial charge in [-0.2, -0.15) is 0 Å². The molecule has 0 saturated carbocycles. The van der Waals surface area contributed by atoms with E-state index in [1.54, 1.807) is 13.3 Å². The minimum atomic E-state index is -0.289. The Balaban J connectivity index is 1.38. The number of nitrogens with one attached hydrogen (secondary N) is 2. The van der Waals surface area contributed by atoms with Crippen molar-refractivity contribution in [2.75, 3.05) is 25.6 Å². The lowest BCUT2D eigenvalue weighted by atomic mass is 10.0. The molecule has 39 heavy (non-hydrogen) atoms. The fourth-order valence-electron chi connectivity index (χ4n) is 4.69. The van der Waals surface area contributed by atoms with Gasteiger partial charge in [-0.3, -0.25) is 9.78 Å². The number of benzene rings is 2. The number of aromatic nitrogens is 1. The van der Waals surface area contributed by atoms with Crippen LogP contribution in [0.5, 0.6) is 11.5 Å². The highest BCUT2D eigenvalue weighted by molar-refractivity contribution is 7.80. The molecule has 2 atom stereocenters. The maximum Gasteiger partial charge on any atom is 0.226 e. The Morgan fingerprint density at radius 2 is 1.87 bits per heavy atom. The number of hydrogen-bond acceptors (Lipinski definition) is 6. The summed E-state index contributed by atoms with van der Waals surface area (Å²) < 4.78 is 17.3. The molecule has 2 aromatic carbocycles. The van der Waals surface area contributed by atoms with Crippen molar-refractivity contribution in [1.82, 2.24) is 15.2 Å².